The van der Waals surface area contributed by atoms with Gasteiger partial charge in [0.2, 0.25) is 0 Å². The molecule has 0 amide bonds. The molecule has 1 aliphatic rings. The van der Waals surface area contributed by atoms with Crippen molar-refractivity contribution < 1.29 is 19.1 Å². The Kier molecular flexibility index (Phi) is 5.73. The lowest BCUT2D eigenvalue weighted by Crippen LogP contribution is -2.29. The maximum Gasteiger partial charge on any atom is 0.345 e. The number of aromatic amines is 1. The molecule has 0 aliphatic carbocycles. The van der Waals surface area contributed by atoms with E-state index in [0.29, 0.717) is 6.42 Å². The number of carbonyl (C=O) groups excluding carboxylic acids is 2. The molecule has 1 aromatic carbocycles. The van der Waals surface area contributed by atoms with Crippen LogP contribution in [-0.2, 0) is 25.5 Å². The summed E-state index contributed by atoms with van der Waals surface area (Å²) in [5.41, 5.74) is 3.47. The van der Waals surface area contributed by atoms with Crippen LogP contribution in [0.3, 0.4) is 0 Å². The van der Waals surface area contributed by atoms with Gasteiger partial charge >= 0.3 is 11.9 Å². The van der Waals surface area contributed by atoms with Gasteiger partial charge in [0, 0.05) is 16.6 Å². The standard InChI is InChI=1S/C20H24N2O4/c1-3-25-19(23)15(20(24)26-4-2)9-10-17-18-14(11-12-21-17)13-7-5-6-8-16(13)22-18/h5-9,17,21-22H,3-4,10-12H2,1-2H3/t17-/m1/s1. The van der Waals surface area contributed by atoms with Gasteiger partial charge in [0.05, 0.1) is 19.3 Å². The highest BCUT2D eigenvalue weighted by molar-refractivity contribution is 6.14. The van der Waals surface area contributed by atoms with Gasteiger partial charge in [-0.3, -0.25) is 0 Å². The number of para-hydroxylation sites is 1. The summed E-state index contributed by atoms with van der Waals surface area (Å²) in [5.74, 6) is -1.28. The highest BCUT2D eigenvalue weighted by Crippen LogP contribution is 2.31. The van der Waals surface area contributed by atoms with E-state index in [2.05, 4.69) is 22.4 Å². The summed E-state index contributed by atoms with van der Waals surface area (Å²) < 4.78 is 9.99. The molecule has 6 nitrogen and oxygen atoms in total. The van der Waals surface area contributed by atoms with Crippen LogP contribution >= 0.6 is 0 Å². The van der Waals surface area contributed by atoms with Gasteiger partial charge < -0.3 is 19.8 Å². The van der Waals surface area contributed by atoms with Gasteiger partial charge in [-0.25, -0.2) is 9.59 Å². The first-order chi connectivity index (χ1) is 12.7. The van der Waals surface area contributed by atoms with Crippen LogP contribution in [0.15, 0.2) is 35.9 Å². The monoisotopic (exact) mass is 356 g/mol. The van der Waals surface area contributed by atoms with Crippen molar-refractivity contribution in [2.45, 2.75) is 32.7 Å². The van der Waals surface area contributed by atoms with Gasteiger partial charge in [0.1, 0.15) is 5.57 Å². The molecule has 0 saturated heterocycles. The molecule has 0 saturated carbocycles. The fourth-order valence-electron chi connectivity index (χ4n) is 3.37. The second-order valence-electron chi connectivity index (χ2n) is 6.11. The van der Waals surface area contributed by atoms with E-state index < -0.39 is 11.9 Å². The number of rotatable bonds is 6. The Morgan fingerprint density at radius 1 is 1.15 bits per heavy atom. The fraction of sp³-hybridized carbons (Fsp3) is 0.400. The van der Waals surface area contributed by atoms with Crippen molar-refractivity contribution in [1.82, 2.24) is 10.3 Å². The number of esters is 2. The second-order valence-corrected chi connectivity index (χ2v) is 6.11. The Labute approximate surface area is 152 Å². The molecule has 138 valence electrons. The number of aromatic nitrogens is 1. The van der Waals surface area contributed by atoms with Crippen molar-refractivity contribution in [3.8, 4) is 0 Å². The third-order valence-electron chi connectivity index (χ3n) is 4.51. The Hall–Kier alpha value is -2.60. The number of H-pyrrole nitrogens is 1. The highest BCUT2D eigenvalue weighted by atomic mass is 16.6. The molecule has 2 heterocycles. The van der Waals surface area contributed by atoms with Crippen LogP contribution in [0.1, 0.15) is 37.6 Å². The SMILES string of the molecule is CCOC(=O)C(=CC[C@H]1NCCc2c1[nH]c1ccccc21)C(=O)OCC. The van der Waals surface area contributed by atoms with E-state index >= 15 is 0 Å². The van der Waals surface area contributed by atoms with Crippen LogP contribution in [-0.4, -0.2) is 36.7 Å². The number of nitrogens with one attached hydrogen (secondary N) is 2. The average Bonchev–Trinajstić information content (AvgIpc) is 3.02. The van der Waals surface area contributed by atoms with E-state index in [1.54, 1.807) is 19.9 Å². The van der Waals surface area contributed by atoms with Crippen LogP contribution in [0.2, 0.25) is 0 Å². The largest absolute Gasteiger partial charge is 0.462 e. The molecule has 1 aromatic heterocycles. The minimum atomic E-state index is -0.640. The van der Waals surface area contributed by atoms with E-state index in [0.717, 1.165) is 24.2 Å². The molecule has 0 spiro atoms. The predicted molar refractivity (Wildman–Crippen MR) is 98.7 cm³/mol. The summed E-state index contributed by atoms with van der Waals surface area (Å²) in [6.07, 6.45) is 3.06. The van der Waals surface area contributed by atoms with Crippen LogP contribution in [0, 0.1) is 0 Å². The lowest BCUT2D eigenvalue weighted by Gasteiger charge is -2.23. The zero-order valence-electron chi connectivity index (χ0n) is 15.1. The van der Waals surface area contributed by atoms with Crippen molar-refractivity contribution >= 4 is 22.8 Å². The second kappa shape index (κ2) is 8.19. The van der Waals surface area contributed by atoms with Crippen LogP contribution in [0.25, 0.3) is 10.9 Å². The van der Waals surface area contributed by atoms with Crippen molar-refractivity contribution in [3.05, 3.63) is 47.2 Å². The van der Waals surface area contributed by atoms with Crippen LogP contribution < -0.4 is 5.32 Å². The Bertz CT molecular complexity index is 817. The topological polar surface area (TPSA) is 80.4 Å². The number of benzene rings is 1. The molecule has 0 radical (unpaired) electrons. The average molecular weight is 356 g/mol. The van der Waals surface area contributed by atoms with Crippen LogP contribution in [0.5, 0.6) is 0 Å². The quantitative estimate of drug-likeness (QED) is 0.360. The van der Waals surface area contributed by atoms with Gasteiger partial charge in [0.15, 0.2) is 0 Å². The number of fused-ring (bicyclic) bond motifs is 3. The maximum absolute atomic E-state index is 12.1. The molecule has 0 unspecified atom stereocenters. The molecule has 1 aliphatic heterocycles. The number of carbonyl (C=O) groups is 2. The first-order valence-corrected chi connectivity index (χ1v) is 9.03. The number of hydrogen-bond donors (Lipinski definition) is 2. The Morgan fingerprint density at radius 2 is 1.85 bits per heavy atom. The van der Waals surface area contributed by atoms with Crippen molar-refractivity contribution in [3.63, 3.8) is 0 Å². The minimum Gasteiger partial charge on any atom is -0.462 e. The maximum atomic E-state index is 12.1. The molecule has 6 heteroatoms. The third-order valence-corrected chi connectivity index (χ3v) is 4.51. The molecule has 0 fully saturated rings. The van der Waals surface area contributed by atoms with Crippen LogP contribution in [0.4, 0.5) is 0 Å². The van der Waals surface area contributed by atoms with Gasteiger partial charge in [-0.2, -0.15) is 0 Å². The third kappa shape index (κ3) is 3.65. The fourth-order valence-corrected chi connectivity index (χ4v) is 3.37. The molecule has 2 aromatic rings. The van der Waals surface area contributed by atoms with E-state index in [1.165, 1.54) is 10.9 Å². The molecular weight excluding hydrogens is 332 g/mol. The molecule has 26 heavy (non-hydrogen) atoms. The van der Waals surface area contributed by atoms with Crippen molar-refractivity contribution in [1.29, 1.82) is 0 Å². The van der Waals surface area contributed by atoms with Gasteiger partial charge in [0.25, 0.3) is 0 Å². The van der Waals surface area contributed by atoms with Crippen molar-refractivity contribution in [2.75, 3.05) is 19.8 Å². The molecule has 2 N–H and O–H groups in total. The zero-order chi connectivity index (χ0) is 18.5. The summed E-state index contributed by atoms with van der Waals surface area (Å²) in [4.78, 5) is 27.7. The lowest BCUT2D eigenvalue weighted by atomic mass is 9.96. The predicted octanol–water partition coefficient (Wildman–Crippen LogP) is 2.80. The van der Waals surface area contributed by atoms with E-state index in [-0.39, 0.29) is 24.8 Å². The number of ether oxygens (including phenoxy) is 2. The Morgan fingerprint density at radius 3 is 2.54 bits per heavy atom. The summed E-state index contributed by atoms with van der Waals surface area (Å²) in [6, 6.07) is 8.22. The van der Waals surface area contributed by atoms with Gasteiger partial charge in [-0.05, 0) is 44.9 Å². The van der Waals surface area contributed by atoms with Gasteiger partial charge in [-0.1, -0.05) is 24.3 Å². The zero-order valence-corrected chi connectivity index (χ0v) is 15.1. The Balaban J connectivity index is 1.86. The molecule has 1 atom stereocenters. The van der Waals surface area contributed by atoms with E-state index in [9.17, 15) is 9.59 Å². The first kappa shape index (κ1) is 18.2. The first-order valence-electron chi connectivity index (χ1n) is 9.03. The van der Waals surface area contributed by atoms with E-state index in [1.807, 2.05) is 12.1 Å². The van der Waals surface area contributed by atoms with Gasteiger partial charge in [-0.15, -0.1) is 0 Å². The molecule has 0 bridgehead atoms. The number of hydrogen-bond acceptors (Lipinski definition) is 5. The summed E-state index contributed by atoms with van der Waals surface area (Å²) in [5, 5.41) is 4.68. The van der Waals surface area contributed by atoms with Crippen molar-refractivity contribution in [2.24, 2.45) is 0 Å². The molecule has 3 rings (SSSR count). The lowest BCUT2D eigenvalue weighted by molar-refractivity contribution is -0.146. The highest BCUT2D eigenvalue weighted by Gasteiger charge is 2.25. The van der Waals surface area contributed by atoms with E-state index in [4.69, 9.17) is 9.47 Å². The minimum absolute atomic E-state index is 0.00463. The summed E-state index contributed by atoms with van der Waals surface area (Å²) >= 11 is 0. The smallest absolute Gasteiger partial charge is 0.345 e. The summed E-state index contributed by atoms with van der Waals surface area (Å²) in [7, 11) is 0. The summed E-state index contributed by atoms with van der Waals surface area (Å²) in [6.45, 7) is 4.69. The normalized spacial score (nSPS) is 16.0. The molecular formula is C20H24N2O4.